The summed E-state index contributed by atoms with van der Waals surface area (Å²) in [5, 5.41) is 0. The molecule has 10 heteroatoms. The van der Waals surface area contributed by atoms with E-state index < -0.39 is 25.1 Å². The van der Waals surface area contributed by atoms with E-state index in [1.807, 2.05) is 0 Å². The fourth-order valence-corrected chi connectivity index (χ4v) is 2.87. The van der Waals surface area contributed by atoms with Crippen LogP contribution in [-0.2, 0) is 14.2 Å². The van der Waals surface area contributed by atoms with Crippen LogP contribution >= 0.6 is 11.8 Å². The highest BCUT2D eigenvalue weighted by atomic mass is 32.2. The molecule has 146 valence electrons. The summed E-state index contributed by atoms with van der Waals surface area (Å²) in [6, 6.07) is 4.01. The summed E-state index contributed by atoms with van der Waals surface area (Å²) in [6.07, 6.45) is -1.84. The maximum Gasteiger partial charge on any atom is 0.511 e. The highest BCUT2D eigenvalue weighted by Gasteiger charge is 2.27. The number of nitrogens with zero attached hydrogens (tertiary/aromatic N) is 1. The van der Waals surface area contributed by atoms with Crippen molar-refractivity contribution in [2.75, 3.05) is 32.1 Å². The molecule has 1 fully saturated rings. The van der Waals surface area contributed by atoms with Gasteiger partial charge in [-0.25, -0.2) is 9.59 Å². The number of ketones is 1. The molecule has 0 saturated carbocycles. The van der Waals surface area contributed by atoms with Crippen LogP contribution in [0.25, 0.3) is 0 Å². The number of rotatable bonds is 6. The summed E-state index contributed by atoms with van der Waals surface area (Å²) in [6.45, 7) is 1.08. The van der Waals surface area contributed by atoms with Crippen LogP contribution in [0.1, 0.15) is 17.3 Å². The zero-order valence-corrected chi connectivity index (χ0v) is 15.7. The molecule has 0 aromatic heterocycles. The second kappa shape index (κ2) is 8.38. The van der Waals surface area contributed by atoms with Crippen LogP contribution in [0.15, 0.2) is 18.2 Å². The molecule has 27 heavy (non-hydrogen) atoms. The monoisotopic (exact) mass is 397 g/mol. The van der Waals surface area contributed by atoms with Gasteiger partial charge >= 0.3 is 12.2 Å². The zero-order chi connectivity index (χ0) is 19.4. The lowest BCUT2D eigenvalue weighted by atomic mass is 10.0. The van der Waals surface area contributed by atoms with Gasteiger partial charge < -0.3 is 28.6 Å². The molecule has 2 heterocycles. The van der Waals surface area contributed by atoms with Crippen molar-refractivity contribution in [2.45, 2.75) is 19.1 Å². The van der Waals surface area contributed by atoms with Crippen LogP contribution in [0.3, 0.4) is 0 Å². The van der Waals surface area contributed by atoms with E-state index in [4.69, 9.17) is 18.9 Å². The lowest BCUT2D eigenvalue weighted by molar-refractivity contribution is -0.0325. The van der Waals surface area contributed by atoms with Gasteiger partial charge in [0.15, 0.2) is 17.3 Å². The lowest BCUT2D eigenvalue weighted by Gasteiger charge is -2.24. The fraction of sp³-hybridized carbons (Fsp3) is 0.471. The summed E-state index contributed by atoms with van der Waals surface area (Å²) in [4.78, 5) is 37.1. The average Bonchev–Trinajstić information content (AvgIpc) is 3.10. The molecule has 0 bridgehead atoms. The SMILES string of the molecule is CC(C(=O)c1ccc2c(c1)OCO2)N(C)C(=O)OCOC(=O)OC1CSC1. The smallest absolute Gasteiger partial charge is 0.454 e. The van der Waals surface area contributed by atoms with Gasteiger partial charge in [0, 0.05) is 24.1 Å². The minimum atomic E-state index is -0.889. The van der Waals surface area contributed by atoms with E-state index >= 15 is 0 Å². The largest absolute Gasteiger partial charge is 0.511 e. The predicted molar refractivity (Wildman–Crippen MR) is 94.1 cm³/mol. The summed E-state index contributed by atoms with van der Waals surface area (Å²) in [5.41, 5.74) is 0.379. The van der Waals surface area contributed by atoms with Crippen LogP contribution in [-0.4, -0.2) is 67.2 Å². The number of ether oxygens (including phenoxy) is 5. The maximum atomic E-state index is 12.6. The van der Waals surface area contributed by atoms with Gasteiger partial charge in [-0.15, -0.1) is 0 Å². The first-order valence-electron chi connectivity index (χ1n) is 8.20. The Morgan fingerprint density at radius 2 is 1.96 bits per heavy atom. The molecule has 9 nitrogen and oxygen atoms in total. The number of likely N-dealkylation sites (N-methyl/N-ethyl adjacent to an activating group) is 1. The van der Waals surface area contributed by atoms with Gasteiger partial charge in [0.25, 0.3) is 0 Å². The number of fused-ring (bicyclic) bond motifs is 1. The number of hydrogen-bond donors (Lipinski definition) is 0. The molecule has 1 amide bonds. The third kappa shape index (κ3) is 4.57. The summed E-state index contributed by atoms with van der Waals surface area (Å²) >= 11 is 1.66. The Morgan fingerprint density at radius 1 is 1.22 bits per heavy atom. The van der Waals surface area contributed by atoms with Gasteiger partial charge in [-0.1, -0.05) is 0 Å². The first-order valence-corrected chi connectivity index (χ1v) is 9.36. The third-order valence-electron chi connectivity index (χ3n) is 4.14. The number of carbonyl (C=O) groups excluding carboxylic acids is 3. The molecular weight excluding hydrogens is 378 g/mol. The molecule has 0 N–H and O–H groups in total. The number of hydrogen-bond acceptors (Lipinski definition) is 9. The van der Waals surface area contributed by atoms with Crippen LogP contribution in [0.2, 0.25) is 0 Å². The van der Waals surface area contributed by atoms with Gasteiger partial charge in [-0.2, -0.15) is 11.8 Å². The fourth-order valence-electron chi connectivity index (χ4n) is 2.31. The van der Waals surface area contributed by atoms with Crippen molar-refractivity contribution in [3.63, 3.8) is 0 Å². The Kier molecular flexibility index (Phi) is 5.94. The van der Waals surface area contributed by atoms with E-state index in [0.29, 0.717) is 17.1 Å². The Bertz CT molecular complexity index is 736. The minimum Gasteiger partial charge on any atom is -0.454 e. The Labute approximate surface area is 159 Å². The van der Waals surface area contributed by atoms with Crippen molar-refractivity contribution in [1.82, 2.24) is 4.90 Å². The highest BCUT2D eigenvalue weighted by molar-refractivity contribution is 8.00. The molecule has 0 aliphatic carbocycles. The molecule has 2 aliphatic rings. The lowest BCUT2D eigenvalue weighted by Crippen LogP contribution is -2.41. The third-order valence-corrected chi connectivity index (χ3v) is 5.35. The zero-order valence-electron chi connectivity index (χ0n) is 14.8. The Hall–Kier alpha value is -2.62. The van der Waals surface area contributed by atoms with Crippen molar-refractivity contribution in [3.05, 3.63) is 23.8 Å². The van der Waals surface area contributed by atoms with Gasteiger partial charge in [0.05, 0.1) is 6.04 Å². The first-order chi connectivity index (χ1) is 13.0. The van der Waals surface area contributed by atoms with Crippen molar-refractivity contribution >= 4 is 29.8 Å². The number of carbonyl (C=O) groups is 3. The minimum absolute atomic E-state index is 0.108. The Morgan fingerprint density at radius 3 is 2.67 bits per heavy atom. The molecule has 1 atom stereocenters. The van der Waals surface area contributed by atoms with Crippen LogP contribution in [0, 0.1) is 0 Å². The summed E-state index contributed by atoms with van der Waals surface area (Å²) < 4.78 is 24.9. The highest BCUT2D eigenvalue weighted by Crippen LogP contribution is 2.33. The quantitative estimate of drug-likeness (QED) is 0.406. The molecule has 0 radical (unpaired) electrons. The molecule has 1 saturated heterocycles. The summed E-state index contributed by atoms with van der Waals surface area (Å²) in [7, 11) is 1.42. The number of Topliss-reactive ketones (excluding diaryl/α,β-unsaturated/α-hetero) is 1. The van der Waals surface area contributed by atoms with E-state index in [2.05, 4.69) is 4.74 Å². The topological polar surface area (TPSA) is 101 Å². The standard InChI is InChI=1S/C17H19NO8S/c1-10(15(19)11-3-4-13-14(5-11)23-8-22-13)18(2)16(20)24-9-25-17(21)26-12-6-27-7-12/h3-5,10,12H,6-9H2,1-2H3. The predicted octanol–water partition coefficient (Wildman–Crippen LogP) is 2.28. The number of amides is 1. The molecule has 0 spiro atoms. The molecule has 3 rings (SSSR count). The van der Waals surface area contributed by atoms with Crippen LogP contribution < -0.4 is 9.47 Å². The maximum absolute atomic E-state index is 12.6. The van der Waals surface area contributed by atoms with Gasteiger partial charge in [-0.3, -0.25) is 4.79 Å². The van der Waals surface area contributed by atoms with Crippen molar-refractivity contribution in [2.24, 2.45) is 0 Å². The first kappa shape index (κ1) is 19.2. The molecular formula is C17H19NO8S. The second-order valence-electron chi connectivity index (χ2n) is 5.92. The van der Waals surface area contributed by atoms with E-state index in [-0.39, 0.29) is 18.7 Å². The van der Waals surface area contributed by atoms with E-state index in [1.54, 1.807) is 36.9 Å². The van der Waals surface area contributed by atoms with E-state index in [0.717, 1.165) is 16.4 Å². The van der Waals surface area contributed by atoms with Gasteiger partial charge in [0.2, 0.25) is 13.6 Å². The molecule has 1 unspecified atom stereocenters. The van der Waals surface area contributed by atoms with Crippen molar-refractivity contribution < 1.29 is 38.1 Å². The van der Waals surface area contributed by atoms with Crippen molar-refractivity contribution in [3.8, 4) is 11.5 Å². The van der Waals surface area contributed by atoms with Crippen LogP contribution in [0.5, 0.6) is 11.5 Å². The number of benzene rings is 1. The molecule has 1 aromatic rings. The normalized spacial score (nSPS) is 16.1. The van der Waals surface area contributed by atoms with Gasteiger partial charge in [0.1, 0.15) is 6.10 Å². The molecule has 2 aliphatic heterocycles. The average molecular weight is 397 g/mol. The Balaban J connectivity index is 1.46. The van der Waals surface area contributed by atoms with Gasteiger partial charge in [-0.05, 0) is 25.1 Å². The second-order valence-corrected chi connectivity index (χ2v) is 6.99. The van der Waals surface area contributed by atoms with Crippen LogP contribution in [0.4, 0.5) is 9.59 Å². The van der Waals surface area contributed by atoms with Crippen molar-refractivity contribution in [1.29, 1.82) is 0 Å². The number of thioether (sulfide) groups is 1. The summed E-state index contributed by atoms with van der Waals surface area (Å²) in [5.74, 6) is 2.22. The molecule has 1 aromatic carbocycles. The van der Waals surface area contributed by atoms with E-state index in [9.17, 15) is 14.4 Å². The van der Waals surface area contributed by atoms with E-state index in [1.165, 1.54) is 7.05 Å².